The zero-order chi connectivity index (χ0) is 20.6. The first kappa shape index (κ1) is 19.3. The van der Waals surface area contributed by atoms with Gasteiger partial charge in [0, 0.05) is 29.6 Å². The van der Waals surface area contributed by atoms with Crippen molar-refractivity contribution in [2.75, 3.05) is 16.8 Å². The molecule has 11 heteroatoms. The summed E-state index contributed by atoms with van der Waals surface area (Å²) in [6.45, 7) is 2.53. The molecule has 1 fully saturated rings. The number of hydrogen-bond donors (Lipinski definition) is 2. The molecule has 0 aliphatic carbocycles. The van der Waals surface area contributed by atoms with Crippen molar-refractivity contribution >= 4 is 45.1 Å². The van der Waals surface area contributed by atoms with E-state index in [0.29, 0.717) is 23.3 Å². The fraction of sp³-hybridized carbons (Fsp3) is 0.222. The molecule has 1 aliphatic heterocycles. The summed E-state index contributed by atoms with van der Waals surface area (Å²) in [6.07, 6.45) is 5.34. The Labute approximate surface area is 175 Å². The van der Waals surface area contributed by atoms with Crippen molar-refractivity contribution in [3.8, 4) is 5.69 Å². The third kappa shape index (κ3) is 4.22. The van der Waals surface area contributed by atoms with Crippen LogP contribution in [0.25, 0.3) is 5.69 Å². The summed E-state index contributed by atoms with van der Waals surface area (Å²) in [5, 5.41) is 6.59. The monoisotopic (exact) mass is 407 g/mol. The summed E-state index contributed by atoms with van der Waals surface area (Å²) in [5.41, 5.74) is 1.82. The second kappa shape index (κ2) is 7.44. The van der Waals surface area contributed by atoms with Gasteiger partial charge in [-0.05, 0) is 42.6 Å². The van der Waals surface area contributed by atoms with Crippen LogP contribution in [-0.2, 0) is 0 Å². The van der Waals surface area contributed by atoms with Crippen molar-refractivity contribution in [1.29, 1.82) is 0 Å². The maximum absolute atomic E-state index is 12.2. The van der Waals surface area contributed by atoms with Crippen molar-refractivity contribution in [3.05, 3.63) is 59.8 Å². The van der Waals surface area contributed by atoms with Gasteiger partial charge in [-0.15, -0.1) is 0 Å². The second-order valence-electron chi connectivity index (χ2n) is 7.69. The van der Waals surface area contributed by atoms with Crippen molar-refractivity contribution in [1.82, 2.24) is 24.8 Å². The molecule has 0 bridgehead atoms. The molecule has 0 spiro atoms. The Hall–Kier alpha value is -3.00. The van der Waals surface area contributed by atoms with Gasteiger partial charge in [0.1, 0.15) is 21.5 Å². The first-order chi connectivity index (χ1) is 13.8. The Balaban J connectivity index is 1.49. The van der Waals surface area contributed by atoms with Gasteiger partial charge in [0.05, 0.1) is 18.1 Å². The topological polar surface area (TPSA) is 88.0 Å². The first-order valence-electron chi connectivity index (χ1n) is 9.30. The Bertz CT molecular complexity index is 1040. The molecule has 3 aromatic rings. The van der Waals surface area contributed by atoms with Gasteiger partial charge in [0.15, 0.2) is 0 Å². The quantitative estimate of drug-likeness (QED) is 0.615. The number of halogens is 1. The fourth-order valence-electron chi connectivity index (χ4n) is 3.20. The number of benzene rings is 1. The molecule has 2 N–H and O–H groups in total. The number of carbonyl (C=O) groups excluding carboxylic acids is 1. The summed E-state index contributed by atoms with van der Waals surface area (Å²) in [7, 11) is 3.95. The minimum absolute atomic E-state index is 0.123. The van der Waals surface area contributed by atoms with Crippen LogP contribution in [0.1, 0.15) is 18.7 Å². The molecule has 146 valence electrons. The van der Waals surface area contributed by atoms with Crippen LogP contribution < -0.4 is 15.5 Å². The molecular weight excluding hydrogens is 387 g/mol. The molecule has 1 aliphatic rings. The number of urea groups is 1. The molecule has 4 rings (SSSR count). The van der Waals surface area contributed by atoms with Crippen molar-refractivity contribution in [2.45, 2.75) is 18.3 Å². The Morgan fingerprint density at radius 2 is 2.00 bits per heavy atom. The van der Waals surface area contributed by atoms with Gasteiger partial charge in [0.2, 0.25) is 5.95 Å². The normalized spacial score (nSPS) is 16.5. The lowest BCUT2D eigenvalue weighted by Gasteiger charge is -2.18. The van der Waals surface area contributed by atoms with E-state index in [4.69, 9.17) is 11.6 Å². The molecule has 1 unspecified atom stereocenters. The number of carbonyl (C=O) groups is 1. The van der Waals surface area contributed by atoms with Crippen molar-refractivity contribution < 1.29 is 4.79 Å². The molecule has 29 heavy (non-hydrogen) atoms. The molecular formula is C18H20B2ClN7O. The third-order valence-electron chi connectivity index (χ3n) is 4.68. The summed E-state index contributed by atoms with van der Waals surface area (Å²) in [4.78, 5) is 27.1. The molecule has 0 saturated carbocycles. The van der Waals surface area contributed by atoms with Crippen LogP contribution in [0.15, 0.2) is 49.1 Å². The standard InChI is InChI=1S/C18H20B2ClN7O/c1-11(14-8-27(10-23-14)13-4-2-12(21)3-5-13)24-16-22-7-6-15(25-16)28-9-18(19,20)26-17(28)29/h2-8,10-11H,9,19-20H2,1H3,(H,26,29)(H,22,24,25). The molecule has 2 amide bonds. The Morgan fingerprint density at radius 3 is 2.69 bits per heavy atom. The molecule has 1 atom stereocenters. The van der Waals surface area contributed by atoms with Crippen molar-refractivity contribution in [3.63, 3.8) is 0 Å². The maximum Gasteiger partial charge on any atom is 0.322 e. The van der Waals surface area contributed by atoms with E-state index in [1.54, 1.807) is 23.5 Å². The second-order valence-corrected chi connectivity index (χ2v) is 8.12. The predicted molar refractivity (Wildman–Crippen MR) is 118 cm³/mol. The lowest BCUT2D eigenvalue weighted by atomic mass is 9.63. The molecule has 8 nitrogen and oxygen atoms in total. The van der Waals surface area contributed by atoms with Gasteiger partial charge in [-0.2, -0.15) is 4.98 Å². The van der Waals surface area contributed by atoms with Gasteiger partial charge in [-0.25, -0.2) is 14.8 Å². The largest absolute Gasteiger partial charge is 0.346 e. The van der Waals surface area contributed by atoms with E-state index in [1.165, 1.54) is 0 Å². The summed E-state index contributed by atoms with van der Waals surface area (Å²) >= 11 is 5.95. The van der Waals surface area contributed by atoms with Crippen LogP contribution in [0, 0.1) is 0 Å². The first-order valence-corrected chi connectivity index (χ1v) is 9.68. The predicted octanol–water partition coefficient (Wildman–Crippen LogP) is 0.938. The molecule has 3 heterocycles. The summed E-state index contributed by atoms with van der Waals surface area (Å²) in [6, 6.07) is 8.99. The number of aromatic nitrogens is 4. The van der Waals surface area contributed by atoms with Crippen LogP contribution in [0.5, 0.6) is 0 Å². The van der Waals surface area contributed by atoms with E-state index >= 15 is 0 Å². The van der Waals surface area contributed by atoms with E-state index in [1.807, 2.05) is 57.6 Å². The number of rotatable bonds is 5. The fourth-order valence-corrected chi connectivity index (χ4v) is 3.33. The lowest BCUT2D eigenvalue weighted by molar-refractivity contribution is 0.251. The average Bonchev–Trinajstić information content (AvgIpc) is 3.27. The molecule has 1 saturated heterocycles. The number of amides is 2. The number of hydrogen-bond acceptors (Lipinski definition) is 5. The van der Waals surface area contributed by atoms with E-state index in [9.17, 15) is 4.79 Å². The highest BCUT2D eigenvalue weighted by atomic mass is 35.5. The van der Waals surface area contributed by atoms with Crippen LogP contribution >= 0.6 is 11.6 Å². The molecule has 0 radical (unpaired) electrons. The van der Waals surface area contributed by atoms with Gasteiger partial charge in [0.25, 0.3) is 0 Å². The van der Waals surface area contributed by atoms with Gasteiger partial charge < -0.3 is 15.2 Å². The highest BCUT2D eigenvalue weighted by Crippen LogP contribution is 2.22. The van der Waals surface area contributed by atoms with E-state index in [0.717, 1.165) is 11.4 Å². The number of anilines is 2. The van der Waals surface area contributed by atoms with E-state index in [-0.39, 0.29) is 17.4 Å². The number of nitrogens with zero attached hydrogens (tertiary/aromatic N) is 5. The Kier molecular flexibility index (Phi) is 4.96. The number of nitrogens with one attached hydrogen (secondary N) is 2. The lowest BCUT2D eigenvalue weighted by Crippen LogP contribution is -2.44. The minimum atomic E-state index is -0.294. The van der Waals surface area contributed by atoms with Crippen LogP contribution in [0.2, 0.25) is 5.02 Å². The summed E-state index contributed by atoms with van der Waals surface area (Å²) < 4.78 is 1.93. The van der Waals surface area contributed by atoms with Crippen LogP contribution in [0.4, 0.5) is 16.6 Å². The highest BCUT2D eigenvalue weighted by Gasteiger charge is 2.36. The zero-order valence-electron chi connectivity index (χ0n) is 16.4. The zero-order valence-corrected chi connectivity index (χ0v) is 17.2. The van der Waals surface area contributed by atoms with Crippen LogP contribution in [0.3, 0.4) is 0 Å². The molecule has 1 aromatic carbocycles. The van der Waals surface area contributed by atoms with E-state index < -0.39 is 0 Å². The van der Waals surface area contributed by atoms with Crippen molar-refractivity contribution in [2.24, 2.45) is 0 Å². The van der Waals surface area contributed by atoms with Gasteiger partial charge in [-0.1, -0.05) is 11.6 Å². The van der Waals surface area contributed by atoms with Gasteiger partial charge in [-0.3, -0.25) is 4.90 Å². The smallest absolute Gasteiger partial charge is 0.322 e. The average molecular weight is 407 g/mol. The van der Waals surface area contributed by atoms with Crippen LogP contribution in [-0.4, -0.2) is 53.1 Å². The van der Waals surface area contributed by atoms with Gasteiger partial charge >= 0.3 is 6.03 Å². The SMILES string of the molecule is BC1(B)CN(c2ccnc(NC(C)c3cn(-c4ccc(Cl)cc4)cn3)n2)C(=O)N1. The van der Waals surface area contributed by atoms with E-state index in [2.05, 4.69) is 25.6 Å². The summed E-state index contributed by atoms with van der Waals surface area (Å²) in [5.74, 6) is 0.998. The highest BCUT2D eigenvalue weighted by molar-refractivity contribution is 6.42. The maximum atomic E-state index is 12.2. The Morgan fingerprint density at radius 1 is 1.24 bits per heavy atom. The molecule has 2 aromatic heterocycles. The number of imidazole rings is 1. The minimum Gasteiger partial charge on any atom is -0.346 e. The third-order valence-corrected chi connectivity index (χ3v) is 4.93.